The Morgan fingerprint density at radius 2 is 1.85 bits per heavy atom. The molecule has 0 spiro atoms. The van der Waals surface area contributed by atoms with Gasteiger partial charge in [-0.3, -0.25) is 0 Å². The van der Waals surface area contributed by atoms with Crippen molar-refractivity contribution in [2.45, 2.75) is 19.4 Å². The maximum absolute atomic E-state index is 12.6. The zero-order chi connectivity index (χ0) is 23.4. The molecule has 2 aliphatic rings. The van der Waals surface area contributed by atoms with Crippen LogP contribution in [0.25, 0.3) is 0 Å². The molecule has 4 rings (SSSR count). The van der Waals surface area contributed by atoms with Crippen molar-refractivity contribution >= 4 is 40.3 Å². The summed E-state index contributed by atoms with van der Waals surface area (Å²) < 4.78 is 10.3. The molecule has 8 nitrogen and oxygen atoms in total. The molecule has 0 saturated carbocycles. The Morgan fingerprint density at radius 3 is 2.58 bits per heavy atom. The third-order valence-electron chi connectivity index (χ3n) is 5.50. The van der Waals surface area contributed by atoms with E-state index in [0.29, 0.717) is 28.4 Å². The van der Waals surface area contributed by atoms with Crippen molar-refractivity contribution in [2.24, 2.45) is 4.99 Å². The standard InChI is InChI=1S/C24H26N4O4S/c1-15-20(22(29)32-3)21(28-13-6-14-33-24(28)25-15)16-9-11-17(12-10-16)26-23(30)27-18-7-4-5-8-19(18)31-2/h4-5,7-12,21H,6,13-14H2,1-3H3,(H2,26,27,30). The fourth-order valence-corrected chi connectivity index (χ4v) is 4.99. The summed E-state index contributed by atoms with van der Waals surface area (Å²) in [7, 11) is 2.94. The first-order chi connectivity index (χ1) is 16.0. The number of allylic oxidation sites excluding steroid dienone is 1. The van der Waals surface area contributed by atoms with E-state index in [1.165, 1.54) is 7.11 Å². The Labute approximate surface area is 197 Å². The smallest absolute Gasteiger partial charge is 0.338 e. The van der Waals surface area contributed by atoms with Gasteiger partial charge in [-0.2, -0.15) is 0 Å². The zero-order valence-corrected chi connectivity index (χ0v) is 19.6. The Morgan fingerprint density at radius 1 is 1.09 bits per heavy atom. The molecule has 2 aliphatic heterocycles. The Bertz CT molecular complexity index is 1110. The number of benzene rings is 2. The van der Waals surface area contributed by atoms with Gasteiger partial charge in [-0.1, -0.05) is 36.0 Å². The van der Waals surface area contributed by atoms with Crippen molar-refractivity contribution in [3.05, 3.63) is 65.4 Å². The Kier molecular flexibility index (Phi) is 6.88. The van der Waals surface area contributed by atoms with Gasteiger partial charge in [-0.25, -0.2) is 14.6 Å². The van der Waals surface area contributed by atoms with Crippen LogP contribution in [0.4, 0.5) is 16.2 Å². The van der Waals surface area contributed by atoms with Crippen LogP contribution >= 0.6 is 11.8 Å². The summed E-state index contributed by atoms with van der Waals surface area (Å²) in [6.45, 7) is 2.66. The third-order valence-corrected chi connectivity index (χ3v) is 6.58. The molecular weight excluding hydrogens is 440 g/mol. The topological polar surface area (TPSA) is 92.3 Å². The van der Waals surface area contributed by atoms with E-state index < -0.39 is 0 Å². The zero-order valence-electron chi connectivity index (χ0n) is 18.8. The fourth-order valence-electron chi connectivity index (χ4n) is 3.97. The first kappa shape index (κ1) is 22.7. The summed E-state index contributed by atoms with van der Waals surface area (Å²) >= 11 is 1.70. The summed E-state index contributed by atoms with van der Waals surface area (Å²) in [5.41, 5.74) is 3.35. The second-order valence-electron chi connectivity index (χ2n) is 7.58. The second kappa shape index (κ2) is 9.99. The SMILES string of the molecule is COC(=O)C1=C(C)N=C2SCCCN2C1c1ccc(NC(=O)Nc2ccccc2OC)cc1. The number of aliphatic imine (C=N–C) groups is 1. The number of hydrogen-bond donors (Lipinski definition) is 2. The predicted molar refractivity (Wildman–Crippen MR) is 131 cm³/mol. The lowest BCUT2D eigenvalue weighted by Gasteiger charge is -2.40. The van der Waals surface area contributed by atoms with E-state index in [1.54, 1.807) is 31.0 Å². The second-order valence-corrected chi connectivity index (χ2v) is 8.65. The van der Waals surface area contributed by atoms with Gasteiger partial charge in [0.2, 0.25) is 0 Å². The number of hydrogen-bond acceptors (Lipinski definition) is 7. The van der Waals surface area contributed by atoms with Crippen molar-refractivity contribution in [3.8, 4) is 5.75 Å². The predicted octanol–water partition coefficient (Wildman–Crippen LogP) is 4.64. The number of fused-ring (bicyclic) bond motifs is 1. The van der Waals surface area contributed by atoms with E-state index in [1.807, 2.05) is 43.3 Å². The number of urea groups is 1. The quantitative estimate of drug-likeness (QED) is 0.624. The Balaban J connectivity index is 1.54. The first-order valence-corrected chi connectivity index (χ1v) is 11.6. The van der Waals surface area contributed by atoms with Crippen molar-refractivity contribution in [1.82, 2.24) is 4.90 Å². The molecule has 172 valence electrons. The summed E-state index contributed by atoms with van der Waals surface area (Å²) in [6.07, 6.45) is 1.01. The number of thioether (sulfide) groups is 1. The minimum Gasteiger partial charge on any atom is -0.495 e. The van der Waals surface area contributed by atoms with E-state index in [2.05, 4.69) is 20.5 Å². The molecule has 1 saturated heterocycles. The molecule has 0 radical (unpaired) electrons. The normalized spacial score (nSPS) is 17.6. The average Bonchev–Trinajstić information content (AvgIpc) is 2.83. The van der Waals surface area contributed by atoms with Gasteiger partial charge in [-0.05, 0) is 43.2 Å². The number of amidine groups is 1. The van der Waals surface area contributed by atoms with Crippen LogP contribution in [0.2, 0.25) is 0 Å². The number of esters is 1. The van der Waals surface area contributed by atoms with Crippen molar-refractivity contribution in [3.63, 3.8) is 0 Å². The molecule has 0 aliphatic carbocycles. The van der Waals surface area contributed by atoms with Gasteiger partial charge in [0.05, 0.1) is 37.2 Å². The minimum absolute atomic E-state index is 0.283. The molecular formula is C24H26N4O4S. The lowest BCUT2D eigenvalue weighted by atomic mass is 9.94. The van der Waals surface area contributed by atoms with Gasteiger partial charge in [0.1, 0.15) is 5.75 Å². The van der Waals surface area contributed by atoms with Crippen LogP contribution < -0.4 is 15.4 Å². The number of methoxy groups -OCH3 is 2. The van der Waals surface area contributed by atoms with Crippen LogP contribution in [0.3, 0.4) is 0 Å². The average molecular weight is 467 g/mol. The lowest BCUT2D eigenvalue weighted by molar-refractivity contribution is -0.136. The number of para-hydroxylation sites is 2. The highest BCUT2D eigenvalue weighted by Gasteiger charge is 2.37. The van der Waals surface area contributed by atoms with Gasteiger partial charge in [-0.15, -0.1) is 0 Å². The Hall–Kier alpha value is -3.46. The number of anilines is 2. The molecule has 2 amide bonds. The first-order valence-electron chi connectivity index (χ1n) is 10.6. The monoisotopic (exact) mass is 466 g/mol. The number of ether oxygens (including phenoxy) is 2. The molecule has 0 bridgehead atoms. The van der Waals surface area contributed by atoms with Crippen LogP contribution in [-0.2, 0) is 9.53 Å². The maximum atomic E-state index is 12.6. The van der Waals surface area contributed by atoms with Gasteiger partial charge in [0, 0.05) is 18.0 Å². The van der Waals surface area contributed by atoms with Gasteiger partial charge in [0.15, 0.2) is 5.17 Å². The molecule has 0 aromatic heterocycles. The van der Waals surface area contributed by atoms with Crippen LogP contribution in [0, 0.1) is 0 Å². The lowest BCUT2D eigenvalue weighted by Crippen LogP contribution is -2.42. The third kappa shape index (κ3) is 4.83. The summed E-state index contributed by atoms with van der Waals surface area (Å²) in [5, 5.41) is 6.55. The highest BCUT2D eigenvalue weighted by molar-refractivity contribution is 8.13. The van der Waals surface area contributed by atoms with Crippen LogP contribution in [0.1, 0.15) is 24.9 Å². The number of rotatable bonds is 5. The minimum atomic E-state index is -0.380. The van der Waals surface area contributed by atoms with Gasteiger partial charge >= 0.3 is 12.0 Å². The van der Waals surface area contributed by atoms with E-state index in [4.69, 9.17) is 9.47 Å². The number of nitrogens with zero attached hydrogens (tertiary/aromatic N) is 2. The fraction of sp³-hybridized carbons (Fsp3) is 0.292. The highest BCUT2D eigenvalue weighted by Crippen LogP contribution is 2.40. The molecule has 2 aromatic carbocycles. The number of carbonyl (C=O) groups is 2. The molecule has 1 unspecified atom stereocenters. The van der Waals surface area contributed by atoms with Crippen LogP contribution in [0.15, 0.2) is 64.8 Å². The molecule has 9 heteroatoms. The largest absolute Gasteiger partial charge is 0.495 e. The molecule has 1 atom stereocenters. The summed E-state index contributed by atoms with van der Waals surface area (Å²) in [5.74, 6) is 1.21. The van der Waals surface area contributed by atoms with Crippen molar-refractivity contribution < 1.29 is 19.1 Å². The van der Waals surface area contributed by atoms with Crippen molar-refractivity contribution in [2.75, 3.05) is 37.2 Å². The van der Waals surface area contributed by atoms with E-state index in [0.717, 1.165) is 29.4 Å². The van der Waals surface area contributed by atoms with Crippen molar-refractivity contribution in [1.29, 1.82) is 0 Å². The van der Waals surface area contributed by atoms with Crippen LogP contribution in [0.5, 0.6) is 5.75 Å². The highest BCUT2D eigenvalue weighted by atomic mass is 32.2. The summed E-state index contributed by atoms with van der Waals surface area (Å²) in [4.78, 5) is 31.9. The van der Waals surface area contributed by atoms with E-state index in [-0.39, 0.29) is 18.0 Å². The molecule has 2 N–H and O–H groups in total. The summed E-state index contributed by atoms with van der Waals surface area (Å²) in [6, 6.07) is 14.0. The number of nitrogens with one attached hydrogen (secondary N) is 2. The van der Waals surface area contributed by atoms with E-state index in [9.17, 15) is 9.59 Å². The molecule has 1 fully saturated rings. The maximum Gasteiger partial charge on any atom is 0.338 e. The number of amides is 2. The van der Waals surface area contributed by atoms with Gasteiger partial charge in [0.25, 0.3) is 0 Å². The molecule has 2 heterocycles. The van der Waals surface area contributed by atoms with Gasteiger partial charge < -0.3 is 25.0 Å². The molecule has 2 aromatic rings. The molecule has 33 heavy (non-hydrogen) atoms. The van der Waals surface area contributed by atoms with E-state index >= 15 is 0 Å². The number of carbonyl (C=O) groups excluding carboxylic acids is 2. The van der Waals surface area contributed by atoms with Crippen LogP contribution in [-0.4, -0.2) is 48.6 Å².